The van der Waals surface area contributed by atoms with E-state index in [-0.39, 0.29) is 23.1 Å². The van der Waals surface area contributed by atoms with Gasteiger partial charge in [0.25, 0.3) is 0 Å². The van der Waals surface area contributed by atoms with Crippen LogP contribution in [0.3, 0.4) is 0 Å². The van der Waals surface area contributed by atoms with Gasteiger partial charge in [-0.15, -0.1) is 11.8 Å². The lowest BCUT2D eigenvalue weighted by atomic mass is 10.2. The molecule has 1 heterocycles. The van der Waals surface area contributed by atoms with Crippen LogP contribution in [0.2, 0.25) is 0 Å². The molecule has 8 nitrogen and oxygen atoms in total. The first-order chi connectivity index (χ1) is 14.7. The minimum atomic E-state index is -3.83. The van der Waals surface area contributed by atoms with Crippen molar-refractivity contribution >= 4 is 39.1 Å². The average Bonchev–Trinajstić information content (AvgIpc) is 2.72. The van der Waals surface area contributed by atoms with Gasteiger partial charge in [-0.25, -0.2) is 8.42 Å². The van der Waals surface area contributed by atoms with Crippen molar-refractivity contribution in [3.8, 4) is 5.75 Å². The standard InChI is InChI=1S/C21H25N3O5S2/c1-13-4-9-17(14(2)10-13)31(27,28)18-11-22-21(24-20(18)26)30-12-19(25)23-15-5-7-16(29-3)8-6-15/h4-10,18,21-22H,11-12H2,1-3H3,(H,23,25)(H,24,26). The van der Waals surface area contributed by atoms with Crippen molar-refractivity contribution in [2.24, 2.45) is 0 Å². The second-order valence-electron chi connectivity index (χ2n) is 7.19. The second kappa shape index (κ2) is 9.71. The topological polar surface area (TPSA) is 114 Å². The van der Waals surface area contributed by atoms with E-state index in [0.29, 0.717) is 17.0 Å². The zero-order valence-corrected chi connectivity index (χ0v) is 19.1. The van der Waals surface area contributed by atoms with E-state index in [1.54, 1.807) is 50.4 Å². The summed E-state index contributed by atoms with van der Waals surface area (Å²) < 4.78 is 31.0. The lowest BCUT2D eigenvalue weighted by molar-refractivity contribution is -0.122. The number of rotatable bonds is 7. The number of aryl methyl sites for hydroxylation is 2. The summed E-state index contributed by atoms with van der Waals surface area (Å²) in [6.07, 6.45) is 0. The molecule has 2 aromatic rings. The van der Waals surface area contributed by atoms with Gasteiger partial charge in [-0.3, -0.25) is 14.9 Å². The number of carbonyl (C=O) groups is 2. The number of hydrogen-bond donors (Lipinski definition) is 3. The quantitative estimate of drug-likeness (QED) is 0.574. The number of ether oxygens (including phenoxy) is 1. The van der Waals surface area contributed by atoms with Crippen molar-refractivity contribution in [3.63, 3.8) is 0 Å². The van der Waals surface area contributed by atoms with Crippen LogP contribution >= 0.6 is 11.8 Å². The molecule has 2 atom stereocenters. The molecule has 31 heavy (non-hydrogen) atoms. The van der Waals surface area contributed by atoms with E-state index in [1.165, 1.54) is 17.8 Å². The van der Waals surface area contributed by atoms with Crippen LogP contribution in [0, 0.1) is 13.8 Å². The van der Waals surface area contributed by atoms with Crippen LogP contribution in [0.4, 0.5) is 5.69 Å². The highest BCUT2D eigenvalue weighted by atomic mass is 32.2. The van der Waals surface area contributed by atoms with Crippen molar-refractivity contribution in [2.45, 2.75) is 29.5 Å². The fourth-order valence-corrected chi connectivity index (χ4v) is 5.77. The molecule has 1 aliphatic rings. The van der Waals surface area contributed by atoms with E-state index in [1.807, 2.05) is 6.92 Å². The van der Waals surface area contributed by atoms with Crippen molar-refractivity contribution in [1.29, 1.82) is 0 Å². The summed E-state index contributed by atoms with van der Waals surface area (Å²) in [5, 5.41) is 7.17. The molecule has 1 aliphatic heterocycles. The summed E-state index contributed by atoms with van der Waals surface area (Å²) in [7, 11) is -2.27. The third kappa shape index (κ3) is 5.57. The zero-order chi connectivity index (χ0) is 22.6. The largest absolute Gasteiger partial charge is 0.497 e. The number of amides is 2. The average molecular weight is 464 g/mol. The van der Waals surface area contributed by atoms with Gasteiger partial charge in [-0.2, -0.15) is 0 Å². The fourth-order valence-electron chi connectivity index (χ4n) is 3.23. The van der Waals surface area contributed by atoms with E-state index < -0.39 is 26.5 Å². The minimum Gasteiger partial charge on any atom is -0.497 e. The molecule has 0 saturated carbocycles. The summed E-state index contributed by atoms with van der Waals surface area (Å²) >= 11 is 1.18. The highest BCUT2D eigenvalue weighted by Gasteiger charge is 2.39. The van der Waals surface area contributed by atoms with Crippen LogP contribution in [0.15, 0.2) is 47.4 Å². The first-order valence-electron chi connectivity index (χ1n) is 9.61. The number of sulfone groups is 1. The van der Waals surface area contributed by atoms with Gasteiger partial charge in [0.15, 0.2) is 15.1 Å². The molecule has 2 unspecified atom stereocenters. The van der Waals surface area contributed by atoms with Crippen LogP contribution in [0.1, 0.15) is 11.1 Å². The normalized spacial score (nSPS) is 18.9. The summed E-state index contributed by atoms with van der Waals surface area (Å²) in [4.78, 5) is 24.9. The molecule has 0 bridgehead atoms. The number of carbonyl (C=O) groups excluding carboxylic acids is 2. The highest BCUT2D eigenvalue weighted by molar-refractivity contribution is 8.00. The summed E-state index contributed by atoms with van der Waals surface area (Å²) in [6, 6.07) is 12.0. The lowest BCUT2D eigenvalue weighted by Crippen LogP contribution is -2.59. The molecule has 0 aliphatic carbocycles. The Bertz CT molecular complexity index is 1070. The molecule has 166 valence electrons. The predicted octanol–water partition coefficient (Wildman–Crippen LogP) is 1.83. The second-order valence-corrected chi connectivity index (χ2v) is 10.4. The van der Waals surface area contributed by atoms with Crippen LogP contribution in [0.25, 0.3) is 0 Å². The number of benzene rings is 2. The first-order valence-corrected chi connectivity index (χ1v) is 12.2. The monoisotopic (exact) mass is 463 g/mol. The predicted molar refractivity (Wildman–Crippen MR) is 121 cm³/mol. The Morgan fingerprint density at radius 1 is 1.19 bits per heavy atom. The van der Waals surface area contributed by atoms with Gasteiger partial charge in [0.1, 0.15) is 11.2 Å². The van der Waals surface area contributed by atoms with E-state index in [0.717, 1.165) is 5.56 Å². The molecule has 3 N–H and O–H groups in total. The lowest BCUT2D eigenvalue weighted by Gasteiger charge is -2.30. The van der Waals surface area contributed by atoms with E-state index >= 15 is 0 Å². The first kappa shape index (κ1) is 23.1. The molecule has 0 radical (unpaired) electrons. The Balaban J connectivity index is 1.55. The van der Waals surface area contributed by atoms with Crippen LogP contribution in [-0.2, 0) is 19.4 Å². The third-order valence-corrected chi connectivity index (χ3v) is 8.07. The minimum absolute atomic E-state index is 0.0285. The maximum atomic E-state index is 13.0. The molecular weight excluding hydrogens is 438 g/mol. The van der Waals surface area contributed by atoms with Crippen LogP contribution in [-0.4, -0.2) is 50.4 Å². The Morgan fingerprint density at radius 3 is 2.52 bits per heavy atom. The Kier molecular flexibility index (Phi) is 7.24. The zero-order valence-electron chi connectivity index (χ0n) is 17.5. The summed E-state index contributed by atoms with van der Waals surface area (Å²) in [5.41, 5.74) is 1.64. The molecule has 1 saturated heterocycles. The Hall–Kier alpha value is -2.56. The van der Waals surface area contributed by atoms with Crippen molar-refractivity contribution in [1.82, 2.24) is 10.6 Å². The number of anilines is 1. The van der Waals surface area contributed by atoms with E-state index in [9.17, 15) is 18.0 Å². The number of hydrogen-bond acceptors (Lipinski definition) is 7. The van der Waals surface area contributed by atoms with Gasteiger partial charge in [0.05, 0.1) is 17.8 Å². The summed E-state index contributed by atoms with van der Waals surface area (Å²) in [6.45, 7) is 3.57. The molecule has 2 amide bonds. The van der Waals surface area contributed by atoms with Gasteiger partial charge in [0.2, 0.25) is 11.8 Å². The Morgan fingerprint density at radius 2 is 1.90 bits per heavy atom. The molecule has 2 aromatic carbocycles. The van der Waals surface area contributed by atoms with Crippen molar-refractivity contribution in [2.75, 3.05) is 24.7 Å². The van der Waals surface area contributed by atoms with E-state index in [4.69, 9.17) is 4.74 Å². The molecular formula is C21H25N3O5S2. The maximum absolute atomic E-state index is 13.0. The molecule has 3 rings (SSSR count). The molecule has 1 fully saturated rings. The molecule has 0 spiro atoms. The van der Waals surface area contributed by atoms with Gasteiger partial charge < -0.3 is 15.4 Å². The molecule has 10 heteroatoms. The van der Waals surface area contributed by atoms with Crippen molar-refractivity contribution < 1.29 is 22.7 Å². The smallest absolute Gasteiger partial charge is 0.241 e. The van der Waals surface area contributed by atoms with Gasteiger partial charge in [-0.1, -0.05) is 17.7 Å². The van der Waals surface area contributed by atoms with Crippen LogP contribution < -0.4 is 20.7 Å². The van der Waals surface area contributed by atoms with Gasteiger partial charge in [0, 0.05) is 12.2 Å². The fraction of sp³-hybridized carbons (Fsp3) is 0.333. The Labute approximate surface area is 186 Å². The number of thioether (sulfide) groups is 1. The highest BCUT2D eigenvalue weighted by Crippen LogP contribution is 2.23. The molecule has 0 aromatic heterocycles. The SMILES string of the molecule is COc1ccc(NC(=O)CSC2NCC(S(=O)(=O)c3ccc(C)cc3C)C(=O)N2)cc1. The number of nitrogens with one attached hydrogen (secondary N) is 3. The maximum Gasteiger partial charge on any atom is 0.241 e. The van der Waals surface area contributed by atoms with Gasteiger partial charge >= 0.3 is 0 Å². The summed E-state index contributed by atoms with van der Waals surface area (Å²) in [5.74, 6) is -0.0480. The van der Waals surface area contributed by atoms with Gasteiger partial charge in [-0.05, 0) is 49.7 Å². The third-order valence-electron chi connectivity index (χ3n) is 4.82. The number of methoxy groups -OCH3 is 1. The van der Waals surface area contributed by atoms with E-state index in [2.05, 4.69) is 16.0 Å². The van der Waals surface area contributed by atoms with Crippen LogP contribution in [0.5, 0.6) is 5.75 Å². The van der Waals surface area contributed by atoms with Crippen molar-refractivity contribution in [3.05, 3.63) is 53.6 Å².